The lowest BCUT2D eigenvalue weighted by atomic mass is 9.77. The van der Waals surface area contributed by atoms with Crippen molar-refractivity contribution < 1.29 is 39.2 Å². The van der Waals surface area contributed by atoms with E-state index in [1.807, 2.05) is 0 Å². The molecule has 0 bridgehead atoms. The van der Waals surface area contributed by atoms with Crippen molar-refractivity contribution in [2.75, 3.05) is 0 Å². The number of amides is 1. The van der Waals surface area contributed by atoms with Gasteiger partial charge in [-0.25, -0.2) is 4.79 Å². The first kappa shape index (κ1) is 24.6. The summed E-state index contributed by atoms with van der Waals surface area (Å²) in [6, 6.07) is 13.6. The van der Waals surface area contributed by atoms with Gasteiger partial charge in [0.2, 0.25) is 5.91 Å². The van der Waals surface area contributed by atoms with Crippen molar-refractivity contribution in [2.45, 2.75) is 38.2 Å². The highest BCUT2D eigenvalue weighted by Crippen LogP contribution is 2.57. The Morgan fingerprint density at radius 3 is 2.00 bits per heavy atom. The van der Waals surface area contributed by atoms with Gasteiger partial charge in [0, 0.05) is 40.8 Å². The summed E-state index contributed by atoms with van der Waals surface area (Å²) in [5, 5.41) is 27.9. The van der Waals surface area contributed by atoms with Gasteiger partial charge < -0.3 is 30.5 Å². The number of carboxylic acid groups (broad SMARTS) is 1. The number of unbranched alkanes of at least 4 members (excludes halogenated alkanes) is 2. The lowest BCUT2D eigenvalue weighted by Crippen LogP contribution is -2.32. The fourth-order valence-corrected chi connectivity index (χ4v) is 4.38. The molecule has 0 atom stereocenters. The van der Waals surface area contributed by atoms with Crippen molar-refractivity contribution >= 4 is 17.8 Å². The predicted octanol–water partition coefficient (Wildman–Crippen LogP) is 4.42. The quantitative estimate of drug-likeness (QED) is 0.302. The number of primary amides is 1. The molecule has 9 heteroatoms. The van der Waals surface area contributed by atoms with Crippen LogP contribution >= 0.6 is 0 Å². The average molecular weight is 491 g/mol. The van der Waals surface area contributed by atoms with Crippen LogP contribution in [0.4, 0.5) is 0 Å². The van der Waals surface area contributed by atoms with E-state index in [1.54, 1.807) is 18.2 Å². The van der Waals surface area contributed by atoms with E-state index in [-0.39, 0.29) is 34.1 Å². The van der Waals surface area contributed by atoms with Gasteiger partial charge in [0.1, 0.15) is 23.0 Å². The number of carbonyl (C=O) groups excluding carboxylic acids is 2. The number of aromatic hydroxyl groups is 2. The smallest absolute Gasteiger partial charge is 0.340 e. The van der Waals surface area contributed by atoms with Crippen molar-refractivity contribution in [3.8, 4) is 23.0 Å². The summed E-state index contributed by atoms with van der Waals surface area (Å²) in [7, 11) is 0. The maximum atomic E-state index is 12.8. The molecule has 2 aliphatic rings. The third kappa shape index (κ3) is 4.31. The zero-order chi connectivity index (χ0) is 26.0. The number of carbonyl (C=O) groups is 3. The number of phenolic OH excluding ortho intramolecular Hbond substituents is 2. The van der Waals surface area contributed by atoms with Crippen LogP contribution in [-0.2, 0) is 15.1 Å². The summed E-state index contributed by atoms with van der Waals surface area (Å²) >= 11 is 0. The highest BCUT2D eigenvalue weighted by atomic mass is 16.6. The Morgan fingerprint density at radius 1 is 0.889 bits per heavy atom. The molecule has 0 saturated heterocycles. The molecule has 3 aromatic rings. The third-order valence-electron chi connectivity index (χ3n) is 6.05. The maximum Gasteiger partial charge on any atom is 0.340 e. The number of esters is 1. The molecule has 1 spiro atoms. The number of aliphatic carboxylic acids is 1. The number of benzene rings is 3. The zero-order valence-corrected chi connectivity index (χ0v) is 19.5. The first-order valence-electron chi connectivity index (χ1n) is 11.4. The van der Waals surface area contributed by atoms with Gasteiger partial charge in [0.05, 0.1) is 5.56 Å². The molecule has 2 heterocycles. The van der Waals surface area contributed by atoms with Crippen molar-refractivity contribution in [2.24, 2.45) is 5.73 Å². The highest BCUT2D eigenvalue weighted by molar-refractivity contribution is 6.01. The van der Waals surface area contributed by atoms with Crippen LogP contribution in [0.1, 0.15) is 70.0 Å². The number of hydrogen-bond acceptors (Lipinski definition) is 7. The molecule has 5 rings (SSSR count). The summed E-state index contributed by atoms with van der Waals surface area (Å²) in [6.45, 7) is 2.06. The topological polar surface area (TPSA) is 156 Å². The molecule has 186 valence electrons. The van der Waals surface area contributed by atoms with E-state index in [2.05, 4.69) is 6.92 Å². The fourth-order valence-electron chi connectivity index (χ4n) is 4.38. The molecule has 0 fully saturated rings. The molecule has 0 aromatic heterocycles. The normalized spacial score (nSPS) is 13.9. The molecule has 9 nitrogen and oxygen atoms in total. The Hall–Kier alpha value is -4.53. The second-order valence-corrected chi connectivity index (χ2v) is 8.51. The molecule has 0 radical (unpaired) electrons. The molecule has 0 unspecified atom stereocenters. The van der Waals surface area contributed by atoms with E-state index in [0.717, 1.165) is 19.3 Å². The molecule has 0 saturated carbocycles. The van der Waals surface area contributed by atoms with E-state index in [1.165, 1.54) is 36.4 Å². The van der Waals surface area contributed by atoms with E-state index >= 15 is 0 Å². The van der Waals surface area contributed by atoms with Gasteiger partial charge in [-0.05, 0) is 42.8 Å². The maximum absolute atomic E-state index is 12.8. The van der Waals surface area contributed by atoms with Crippen LogP contribution in [-0.4, -0.2) is 33.2 Å². The van der Waals surface area contributed by atoms with Gasteiger partial charge in [-0.2, -0.15) is 0 Å². The number of fused-ring (bicyclic) bond motifs is 6. The average Bonchev–Trinajstić information content (AvgIpc) is 3.11. The molecule has 0 aliphatic carbocycles. The van der Waals surface area contributed by atoms with Gasteiger partial charge in [-0.15, -0.1) is 0 Å². The van der Waals surface area contributed by atoms with Crippen LogP contribution in [0.3, 0.4) is 0 Å². The minimum Gasteiger partial charge on any atom is -0.508 e. The Morgan fingerprint density at radius 2 is 1.47 bits per heavy atom. The monoisotopic (exact) mass is 491 g/mol. The fraction of sp³-hybridized carbons (Fsp3) is 0.222. The number of rotatable bonds is 5. The third-order valence-corrected chi connectivity index (χ3v) is 6.05. The molecule has 1 amide bonds. The van der Waals surface area contributed by atoms with Gasteiger partial charge in [-0.3, -0.25) is 9.59 Å². The minimum atomic E-state index is -1.34. The molecule has 3 aromatic carbocycles. The van der Waals surface area contributed by atoms with Gasteiger partial charge in [0.25, 0.3) is 0 Å². The number of hydrogen-bond donors (Lipinski definition) is 4. The number of carboxylic acids is 1. The largest absolute Gasteiger partial charge is 0.508 e. The summed E-state index contributed by atoms with van der Waals surface area (Å²) in [4.78, 5) is 34.2. The molecule has 5 N–H and O–H groups in total. The van der Waals surface area contributed by atoms with E-state index < -0.39 is 23.4 Å². The van der Waals surface area contributed by atoms with Crippen LogP contribution < -0.4 is 10.5 Å². The Labute approximate surface area is 206 Å². The lowest BCUT2D eigenvalue weighted by molar-refractivity contribution is -0.137. The second kappa shape index (κ2) is 9.61. The van der Waals surface area contributed by atoms with Crippen molar-refractivity contribution in [3.05, 3.63) is 82.4 Å². The molecule has 2 aliphatic heterocycles. The second-order valence-electron chi connectivity index (χ2n) is 8.51. The molecular weight excluding hydrogens is 466 g/mol. The Balaban J connectivity index is 0.000000331. The SMILES string of the molecule is CCCCCC(=O)O.NC(=O)c1ccc2c(c1)C(=O)OC21c2ccc(O)cc2Oc2cc(O)ccc21. The first-order valence-corrected chi connectivity index (χ1v) is 11.4. The van der Waals surface area contributed by atoms with Crippen LogP contribution in [0, 0.1) is 0 Å². The van der Waals surface area contributed by atoms with E-state index in [9.17, 15) is 24.6 Å². The van der Waals surface area contributed by atoms with Gasteiger partial charge in [0.15, 0.2) is 5.60 Å². The summed E-state index contributed by atoms with van der Waals surface area (Å²) in [6.07, 6.45) is 3.28. The number of phenols is 2. The van der Waals surface area contributed by atoms with E-state index in [4.69, 9.17) is 20.3 Å². The Kier molecular flexibility index (Phi) is 6.57. The van der Waals surface area contributed by atoms with Gasteiger partial charge >= 0.3 is 11.9 Å². The minimum absolute atomic E-state index is 0.0221. The van der Waals surface area contributed by atoms with Gasteiger partial charge in [-0.1, -0.05) is 25.8 Å². The van der Waals surface area contributed by atoms with Crippen LogP contribution in [0.5, 0.6) is 23.0 Å². The molecule has 36 heavy (non-hydrogen) atoms. The standard InChI is InChI=1S/C21H13NO6.C6H12O2/c22-19(25)10-1-4-14-13(7-10)20(26)28-21(14)15-5-2-11(23)8-17(15)27-18-9-12(24)3-6-16(18)21;1-2-3-4-5-6(7)8/h1-9,23-24H,(H2,22,25);2-5H2,1H3,(H,7,8). The first-order chi connectivity index (χ1) is 17.2. The van der Waals surface area contributed by atoms with Crippen molar-refractivity contribution in [1.82, 2.24) is 0 Å². The number of ether oxygens (including phenoxy) is 2. The number of nitrogens with two attached hydrogens (primary N) is 1. The Bertz CT molecular complexity index is 1310. The van der Waals surface area contributed by atoms with E-state index in [0.29, 0.717) is 23.1 Å². The molecular formula is C27H25NO8. The van der Waals surface area contributed by atoms with Crippen molar-refractivity contribution in [1.29, 1.82) is 0 Å². The van der Waals surface area contributed by atoms with Crippen LogP contribution in [0.2, 0.25) is 0 Å². The summed E-state index contributed by atoms with van der Waals surface area (Å²) < 4.78 is 11.7. The van der Waals surface area contributed by atoms with Crippen LogP contribution in [0.25, 0.3) is 0 Å². The summed E-state index contributed by atoms with van der Waals surface area (Å²) in [5.74, 6) is -1.41. The van der Waals surface area contributed by atoms with Crippen LogP contribution in [0.15, 0.2) is 54.6 Å². The zero-order valence-electron chi connectivity index (χ0n) is 19.5. The summed E-state index contributed by atoms with van der Waals surface area (Å²) in [5.41, 5.74) is 5.96. The van der Waals surface area contributed by atoms with Crippen molar-refractivity contribution in [3.63, 3.8) is 0 Å². The lowest BCUT2D eigenvalue weighted by Gasteiger charge is -2.36. The highest BCUT2D eigenvalue weighted by Gasteiger charge is 2.53. The predicted molar refractivity (Wildman–Crippen MR) is 128 cm³/mol.